The lowest BCUT2D eigenvalue weighted by Crippen LogP contribution is -1.94. The molecular formula is C10H11NOS2. The van der Waals surface area contributed by atoms with Crippen LogP contribution in [0.1, 0.15) is 21.4 Å². The van der Waals surface area contributed by atoms with Gasteiger partial charge in [0.2, 0.25) is 0 Å². The Hall–Kier alpha value is -0.680. The van der Waals surface area contributed by atoms with Gasteiger partial charge < -0.3 is 10.8 Å². The van der Waals surface area contributed by atoms with Gasteiger partial charge in [-0.1, -0.05) is 0 Å². The maximum Gasteiger partial charge on any atom is 0.114 e. The molecule has 2 aromatic heterocycles. The Labute approximate surface area is 90.6 Å². The van der Waals surface area contributed by atoms with Gasteiger partial charge in [-0.05, 0) is 34.5 Å². The molecule has 0 saturated carbocycles. The van der Waals surface area contributed by atoms with Gasteiger partial charge in [-0.15, -0.1) is 11.3 Å². The van der Waals surface area contributed by atoms with Crippen molar-refractivity contribution in [1.82, 2.24) is 0 Å². The van der Waals surface area contributed by atoms with Crippen LogP contribution >= 0.6 is 22.7 Å². The van der Waals surface area contributed by atoms with Crippen LogP contribution in [-0.2, 0) is 6.54 Å². The molecule has 2 aromatic rings. The van der Waals surface area contributed by atoms with Gasteiger partial charge in [-0.3, -0.25) is 0 Å². The van der Waals surface area contributed by atoms with Crippen LogP contribution in [0.3, 0.4) is 0 Å². The minimum Gasteiger partial charge on any atom is -0.383 e. The molecule has 0 radical (unpaired) electrons. The van der Waals surface area contributed by atoms with E-state index in [4.69, 9.17) is 5.73 Å². The fraction of sp³-hybridized carbons (Fsp3) is 0.200. The first-order valence-corrected chi connectivity index (χ1v) is 6.06. The Bertz CT molecular complexity index is 394. The summed E-state index contributed by atoms with van der Waals surface area (Å²) in [7, 11) is 0. The first-order chi connectivity index (χ1) is 6.81. The number of hydrogen-bond donors (Lipinski definition) is 2. The van der Waals surface area contributed by atoms with Gasteiger partial charge in [0.15, 0.2) is 0 Å². The summed E-state index contributed by atoms with van der Waals surface area (Å²) in [6.07, 6.45) is -0.494. The summed E-state index contributed by atoms with van der Waals surface area (Å²) in [6.45, 7) is 0.543. The molecule has 3 N–H and O–H groups in total. The van der Waals surface area contributed by atoms with Crippen LogP contribution in [0.15, 0.2) is 29.0 Å². The standard InChI is InChI=1S/C10H11NOS2/c11-5-8-1-2-9(14-8)10(12)7-3-4-13-6-7/h1-4,6,10,12H,5,11H2/t10-/m0/s1. The summed E-state index contributed by atoms with van der Waals surface area (Å²) in [6, 6.07) is 5.85. The molecule has 4 heteroatoms. The van der Waals surface area contributed by atoms with Crippen LogP contribution in [0.4, 0.5) is 0 Å². The quantitative estimate of drug-likeness (QED) is 0.842. The molecule has 74 valence electrons. The molecule has 0 amide bonds. The predicted molar refractivity (Wildman–Crippen MR) is 60.6 cm³/mol. The predicted octanol–water partition coefficient (Wildman–Crippen LogP) is 2.35. The second kappa shape index (κ2) is 4.23. The van der Waals surface area contributed by atoms with Gasteiger partial charge >= 0.3 is 0 Å². The smallest absolute Gasteiger partial charge is 0.114 e. The Morgan fingerprint density at radius 2 is 2.21 bits per heavy atom. The van der Waals surface area contributed by atoms with Gasteiger partial charge in [-0.2, -0.15) is 11.3 Å². The highest BCUT2D eigenvalue weighted by molar-refractivity contribution is 7.12. The zero-order chi connectivity index (χ0) is 9.97. The molecule has 2 nitrogen and oxygen atoms in total. The minimum atomic E-state index is -0.494. The third kappa shape index (κ3) is 1.88. The van der Waals surface area contributed by atoms with Crippen molar-refractivity contribution in [3.05, 3.63) is 44.3 Å². The lowest BCUT2D eigenvalue weighted by Gasteiger charge is -2.04. The van der Waals surface area contributed by atoms with E-state index >= 15 is 0 Å². The minimum absolute atomic E-state index is 0.494. The molecule has 0 aliphatic rings. The van der Waals surface area contributed by atoms with Crippen LogP contribution < -0.4 is 5.73 Å². The molecule has 0 saturated heterocycles. The summed E-state index contributed by atoms with van der Waals surface area (Å²) in [4.78, 5) is 2.07. The van der Waals surface area contributed by atoms with Crippen molar-refractivity contribution in [2.75, 3.05) is 0 Å². The Morgan fingerprint density at radius 1 is 1.36 bits per heavy atom. The van der Waals surface area contributed by atoms with E-state index in [1.165, 1.54) is 0 Å². The van der Waals surface area contributed by atoms with E-state index in [1.807, 2.05) is 29.0 Å². The summed E-state index contributed by atoms with van der Waals surface area (Å²) in [5.41, 5.74) is 6.47. The molecule has 0 fully saturated rings. The van der Waals surface area contributed by atoms with Gasteiger partial charge in [0.05, 0.1) is 0 Å². The molecule has 14 heavy (non-hydrogen) atoms. The molecule has 2 heterocycles. The number of thiophene rings is 2. The second-order valence-electron chi connectivity index (χ2n) is 2.97. The van der Waals surface area contributed by atoms with Crippen molar-refractivity contribution in [2.24, 2.45) is 5.73 Å². The van der Waals surface area contributed by atoms with Gasteiger partial charge in [0.25, 0.3) is 0 Å². The maximum atomic E-state index is 9.97. The van der Waals surface area contributed by atoms with Crippen molar-refractivity contribution < 1.29 is 5.11 Å². The fourth-order valence-corrected chi connectivity index (χ4v) is 2.83. The molecular weight excluding hydrogens is 214 g/mol. The Kier molecular flexibility index (Phi) is 2.98. The van der Waals surface area contributed by atoms with Crippen LogP contribution in [-0.4, -0.2) is 5.11 Å². The molecule has 0 unspecified atom stereocenters. The summed E-state index contributed by atoms with van der Waals surface area (Å²) >= 11 is 3.16. The summed E-state index contributed by atoms with van der Waals surface area (Å²) in [5, 5.41) is 13.9. The van der Waals surface area contributed by atoms with Gasteiger partial charge in [-0.25, -0.2) is 0 Å². The first kappa shape index (κ1) is 9.86. The van der Waals surface area contributed by atoms with E-state index < -0.39 is 6.10 Å². The highest BCUT2D eigenvalue weighted by Gasteiger charge is 2.12. The zero-order valence-electron chi connectivity index (χ0n) is 7.51. The number of rotatable bonds is 3. The molecule has 1 atom stereocenters. The first-order valence-electron chi connectivity index (χ1n) is 4.30. The van der Waals surface area contributed by atoms with E-state index in [2.05, 4.69) is 0 Å². The average molecular weight is 225 g/mol. The molecule has 0 spiro atoms. The van der Waals surface area contributed by atoms with Crippen LogP contribution in [0, 0.1) is 0 Å². The summed E-state index contributed by atoms with van der Waals surface area (Å²) in [5.74, 6) is 0. The van der Waals surface area contributed by atoms with Crippen LogP contribution in [0.25, 0.3) is 0 Å². The van der Waals surface area contributed by atoms with Gasteiger partial charge in [0, 0.05) is 16.3 Å². The topological polar surface area (TPSA) is 46.2 Å². The highest BCUT2D eigenvalue weighted by atomic mass is 32.1. The largest absolute Gasteiger partial charge is 0.383 e. The third-order valence-corrected chi connectivity index (χ3v) is 3.87. The van der Waals surface area contributed by atoms with E-state index in [0.717, 1.165) is 15.3 Å². The molecule has 0 aliphatic carbocycles. The monoisotopic (exact) mass is 225 g/mol. The maximum absolute atomic E-state index is 9.97. The SMILES string of the molecule is NCc1ccc([C@@H](O)c2ccsc2)s1. The molecule has 0 aromatic carbocycles. The Morgan fingerprint density at radius 3 is 2.79 bits per heavy atom. The number of nitrogens with two attached hydrogens (primary N) is 1. The van der Waals surface area contributed by atoms with Crippen molar-refractivity contribution >= 4 is 22.7 Å². The number of aliphatic hydroxyl groups excluding tert-OH is 1. The van der Waals surface area contributed by atoms with E-state index in [9.17, 15) is 5.11 Å². The molecule has 2 rings (SSSR count). The molecule has 0 bridgehead atoms. The normalized spacial score (nSPS) is 13.0. The lowest BCUT2D eigenvalue weighted by molar-refractivity contribution is 0.224. The second-order valence-corrected chi connectivity index (χ2v) is 4.95. The molecule has 0 aliphatic heterocycles. The van der Waals surface area contributed by atoms with Gasteiger partial charge in [0.1, 0.15) is 6.10 Å². The van der Waals surface area contributed by atoms with Crippen molar-refractivity contribution in [1.29, 1.82) is 0 Å². The fourth-order valence-electron chi connectivity index (χ4n) is 1.25. The van der Waals surface area contributed by atoms with Crippen LogP contribution in [0.5, 0.6) is 0 Å². The van der Waals surface area contributed by atoms with E-state index in [1.54, 1.807) is 22.7 Å². The highest BCUT2D eigenvalue weighted by Crippen LogP contribution is 2.29. The third-order valence-electron chi connectivity index (χ3n) is 2.01. The number of hydrogen-bond acceptors (Lipinski definition) is 4. The van der Waals surface area contributed by atoms with E-state index in [0.29, 0.717) is 6.54 Å². The van der Waals surface area contributed by atoms with Crippen molar-refractivity contribution in [3.8, 4) is 0 Å². The average Bonchev–Trinajstić information content (AvgIpc) is 2.88. The van der Waals surface area contributed by atoms with Crippen LogP contribution in [0.2, 0.25) is 0 Å². The zero-order valence-corrected chi connectivity index (χ0v) is 9.15. The number of aliphatic hydroxyl groups is 1. The van der Waals surface area contributed by atoms with Crippen molar-refractivity contribution in [3.63, 3.8) is 0 Å². The van der Waals surface area contributed by atoms with Crippen molar-refractivity contribution in [2.45, 2.75) is 12.6 Å². The Balaban J connectivity index is 2.23. The van der Waals surface area contributed by atoms with E-state index in [-0.39, 0.29) is 0 Å². The lowest BCUT2D eigenvalue weighted by atomic mass is 10.2. The summed E-state index contributed by atoms with van der Waals surface area (Å²) < 4.78 is 0.